The van der Waals surface area contributed by atoms with Crippen LogP contribution < -0.4 is 10.6 Å². The van der Waals surface area contributed by atoms with Gasteiger partial charge in [-0.15, -0.1) is 0 Å². The summed E-state index contributed by atoms with van der Waals surface area (Å²) in [6.07, 6.45) is 6.66. The van der Waals surface area contributed by atoms with E-state index in [4.69, 9.17) is 10.9 Å². The molecule has 1 aromatic heterocycles. The zero-order valence-corrected chi connectivity index (χ0v) is 12.3. The second kappa shape index (κ2) is 6.59. The van der Waals surface area contributed by atoms with Gasteiger partial charge in [0.05, 0.1) is 5.56 Å². The Morgan fingerprint density at radius 1 is 1.50 bits per heavy atom. The van der Waals surface area contributed by atoms with E-state index in [2.05, 4.69) is 22.0 Å². The number of pyridine rings is 1. The zero-order chi connectivity index (χ0) is 14.5. The molecule has 1 aromatic rings. The van der Waals surface area contributed by atoms with Crippen LogP contribution in [-0.4, -0.2) is 29.1 Å². The first-order valence-corrected chi connectivity index (χ1v) is 7.35. The lowest BCUT2D eigenvalue weighted by Gasteiger charge is -2.24. The van der Waals surface area contributed by atoms with Gasteiger partial charge in [0.2, 0.25) is 0 Å². The topological polar surface area (TPSA) is 74.7 Å². The number of anilines is 1. The molecule has 5 heteroatoms. The Hall–Kier alpha value is -1.78. The molecule has 0 radical (unpaired) electrons. The van der Waals surface area contributed by atoms with Gasteiger partial charge in [0, 0.05) is 19.3 Å². The molecular formula is C15H24N4O. The second-order valence-corrected chi connectivity index (χ2v) is 5.50. The van der Waals surface area contributed by atoms with Crippen LogP contribution in [0, 0.1) is 12.8 Å². The Labute approximate surface area is 120 Å². The van der Waals surface area contributed by atoms with Crippen molar-refractivity contribution in [3.05, 3.63) is 23.4 Å². The van der Waals surface area contributed by atoms with Crippen molar-refractivity contribution in [2.45, 2.75) is 39.5 Å². The fraction of sp³-hybridized carbons (Fsp3) is 0.600. The molecule has 1 aliphatic rings. The van der Waals surface area contributed by atoms with Gasteiger partial charge in [-0.3, -0.25) is 0 Å². The van der Waals surface area contributed by atoms with Crippen molar-refractivity contribution >= 4 is 11.7 Å². The Bertz CT molecular complexity index is 487. The molecule has 0 saturated carbocycles. The van der Waals surface area contributed by atoms with Gasteiger partial charge in [-0.25, -0.2) is 4.98 Å². The minimum atomic E-state index is 0.141. The maximum Gasteiger partial charge on any atom is 0.174 e. The molecule has 1 saturated heterocycles. The number of hydrogen-bond donors (Lipinski definition) is 2. The van der Waals surface area contributed by atoms with E-state index in [9.17, 15) is 0 Å². The van der Waals surface area contributed by atoms with E-state index in [0.29, 0.717) is 0 Å². The number of hydrogen-bond acceptors (Lipinski definition) is 4. The summed E-state index contributed by atoms with van der Waals surface area (Å²) in [5, 5.41) is 12.1. The van der Waals surface area contributed by atoms with Crippen LogP contribution in [0.5, 0.6) is 0 Å². The maximum absolute atomic E-state index is 8.99. The quantitative estimate of drug-likeness (QED) is 0.385. The summed E-state index contributed by atoms with van der Waals surface area (Å²) in [4.78, 5) is 6.75. The van der Waals surface area contributed by atoms with Crippen LogP contribution >= 0.6 is 0 Å². The number of nitrogens with two attached hydrogens (primary N) is 1. The zero-order valence-electron chi connectivity index (χ0n) is 12.3. The highest BCUT2D eigenvalue weighted by Gasteiger charge is 2.21. The molecule has 20 heavy (non-hydrogen) atoms. The number of aryl methyl sites for hydroxylation is 1. The van der Waals surface area contributed by atoms with Crippen LogP contribution in [0.4, 0.5) is 5.82 Å². The Balaban J connectivity index is 2.30. The predicted molar refractivity (Wildman–Crippen MR) is 81.3 cm³/mol. The lowest BCUT2D eigenvalue weighted by Crippen LogP contribution is -2.29. The van der Waals surface area contributed by atoms with Crippen molar-refractivity contribution < 1.29 is 5.21 Å². The first kappa shape index (κ1) is 14.6. The van der Waals surface area contributed by atoms with Gasteiger partial charge in [-0.1, -0.05) is 18.5 Å². The van der Waals surface area contributed by atoms with Crippen molar-refractivity contribution in [3.8, 4) is 0 Å². The Morgan fingerprint density at radius 3 is 3.00 bits per heavy atom. The Morgan fingerprint density at radius 2 is 2.30 bits per heavy atom. The normalized spacial score (nSPS) is 20.8. The van der Waals surface area contributed by atoms with Gasteiger partial charge in [0.15, 0.2) is 5.84 Å². The van der Waals surface area contributed by atoms with Crippen molar-refractivity contribution in [1.82, 2.24) is 4.98 Å². The van der Waals surface area contributed by atoms with Crippen molar-refractivity contribution in [3.63, 3.8) is 0 Å². The Kier molecular flexibility index (Phi) is 4.82. The number of rotatable bonds is 3. The smallest absolute Gasteiger partial charge is 0.174 e. The predicted octanol–water partition coefficient (Wildman–Crippen LogP) is 2.50. The summed E-state index contributed by atoms with van der Waals surface area (Å²) < 4.78 is 0. The van der Waals surface area contributed by atoms with Crippen LogP contribution in [0.25, 0.3) is 0 Å². The van der Waals surface area contributed by atoms with E-state index in [1.807, 2.05) is 13.0 Å². The number of nitrogens with zero attached hydrogens (tertiary/aromatic N) is 3. The van der Waals surface area contributed by atoms with Crippen molar-refractivity contribution in [2.75, 3.05) is 18.0 Å². The molecule has 1 aliphatic heterocycles. The maximum atomic E-state index is 8.99. The largest absolute Gasteiger partial charge is 0.409 e. The van der Waals surface area contributed by atoms with Crippen LogP contribution in [0.15, 0.2) is 17.4 Å². The summed E-state index contributed by atoms with van der Waals surface area (Å²) >= 11 is 0. The highest BCUT2D eigenvalue weighted by molar-refractivity contribution is 6.02. The van der Waals surface area contributed by atoms with E-state index in [-0.39, 0.29) is 5.84 Å². The fourth-order valence-electron chi connectivity index (χ4n) is 2.94. The van der Waals surface area contributed by atoms with Crippen molar-refractivity contribution in [2.24, 2.45) is 16.8 Å². The number of oxime groups is 1. The van der Waals surface area contributed by atoms with Gasteiger partial charge in [-0.2, -0.15) is 0 Å². The molecule has 2 rings (SSSR count). The fourth-order valence-corrected chi connectivity index (χ4v) is 2.94. The molecule has 1 unspecified atom stereocenters. The summed E-state index contributed by atoms with van der Waals surface area (Å²) in [6.45, 7) is 6.19. The molecule has 3 N–H and O–H groups in total. The van der Waals surface area contributed by atoms with Gasteiger partial charge in [0.1, 0.15) is 5.82 Å². The number of aromatic nitrogens is 1. The van der Waals surface area contributed by atoms with Crippen LogP contribution in [0.2, 0.25) is 0 Å². The van der Waals surface area contributed by atoms with Gasteiger partial charge in [0.25, 0.3) is 0 Å². The molecular weight excluding hydrogens is 252 g/mol. The molecule has 0 aliphatic carbocycles. The van der Waals surface area contributed by atoms with E-state index in [1.165, 1.54) is 25.7 Å². The average Bonchev–Trinajstić information content (AvgIpc) is 2.71. The molecule has 0 bridgehead atoms. The third kappa shape index (κ3) is 3.03. The summed E-state index contributed by atoms with van der Waals surface area (Å²) in [5.74, 6) is 1.79. The van der Waals surface area contributed by atoms with Crippen LogP contribution in [0.3, 0.4) is 0 Å². The van der Waals surface area contributed by atoms with Crippen molar-refractivity contribution in [1.29, 1.82) is 0 Å². The molecule has 1 atom stereocenters. The minimum Gasteiger partial charge on any atom is -0.409 e. The second-order valence-electron chi connectivity index (χ2n) is 5.50. The van der Waals surface area contributed by atoms with Gasteiger partial charge < -0.3 is 15.8 Å². The van der Waals surface area contributed by atoms with Gasteiger partial charge >= 0.3 is 0 Å². The van der Waals surface area contributed by atoms with E-state index in [1.54, 1.807) is 6.20 Å². The molecule has 5 nitrogen and oxygen atoms in total. The minimum absolute atomic E-state index is 0.141. The van der Waals surface area contributed by atoms with Crippen LogP contribution in [-0.2, 0) is 0 Å². The first-order valence-electron chi connectivity index (χ1n) is 7.35. The molecule has 2 heterocycles. The van der Waals surface area contributed by atoms with E-state index in [0.717, 1.165) is 36.0 Å². The monoisotopic (exact) mass is 276 g/mol. The standard InChI is InChI=1S/C15H24N4O/c1-3-12-5-4-9-19(10-7-12)15-13(14(16)18-20)11(2)6-8-17-15/h6,8,12,20H,3-5,7,9-10H2,1-2H3,(H2,16,18). The SMILES string of the molecule is CCC1CCCN(c2nccc(C)c2/C(N)=N/O)CC1. The molecule has 0 amide bonds. The van der Waals surface area contributed by atoms with Crippen LogP contribution in [0.1, 0.15) is 43.7 Å². The molecule has 1 fully saturated rings. The lowest BCUT2D eigenvalue weighted by molar-refractivity contribution is 0.318. The highest BCUT2D eigenvalue weighted by atomic mass is 16.4. The first-order chi connectivity index (χ1) is 9.67. The summed E-state index contributed by atoms with van der Waals surface area (Å²) in [6, 6.07) is 1.89. The summed E-state index contributed by atoms with van der Waals surface area (Å²) in [7, 11) is 0. The van der Waals surface area contributed by atoms with E-state index >= 15 is 0 Å². The number of amidine groups is 1. The highest BCUT2D eigenvalue weighted by Crippen LogP contribution is 2.26. The molecule has 0 aromatic carbocycles. The molecule has 0 spiro atoms. The van der Waals surface area contributed by atoms with Gasteiger partial charge in [-0.05, 0) is 43.7 Å². The summed E-state index contributed by atoms with van der Waals surface area (Å²) in [5.41, 5.74) is 7.57. The average molecular weight is 276 g/mol. The third-order valence-electron chi connectivity index (χ3n) is 4.23. The third-order valence-corrected chi connectivity index (χ3v) is 4.23. The lowest BCUT2D eigenvalue weighted by atomic mass is 9.98. The van der Waals surface area contributed by atoms with E-state index < -0.39 is 0 Å². The molecule has 110 valence electrons.